The van der Waals surface area contributed by atoms with Gasteiger partial charge in [-0.3, -0.25) is 9.59 Å². The molecule has 2 aromatic rings. The van der Waals surface area contributed by atoms with Crippen LogP contribution in [0.15, 0.2) is 54.6 Å². The average Bonchev–Trinajstić information content (AvgIpc) is 2.74. The van der Waals surface area contributed by atoms with Crippen LogP contribution in [0.2, 0.25) is 5.02 Å². The molecule has 0 radical (unpaired) electrons. The lowest BCUT2D eigenvalue weighted by Crippen LogP contribution is -2.52. The number of nitrogens with two attached hydrogens (primary N) is 1. The van der Waals surface area contributed by atoms with Crippen LogP contribution in [0, 0.1) is 5.92 Å². The molecule has 2 amide bonds. The summed E-state index contributed by atoms with van der Waals surface area (Å²) in [5.74, 6) is -0.239. The number of carbonyl (C=O) groups is 2. The van der Waals surface area contributed by atoms with E-state index in [-0.39, 0.29) is 30.2 Å². The average molecular weight is 400 g/mol. The van der Waals surface area contributed by atoms with Gasteiger partial charge in [-0.05, 0) is 17.2 Å². The molecule has 1 aliphatic rings. The summed E-state index contributed by atoms with van der Waals surface area (Å²) < 4.78 is 0. The molecule has 2 N–H and O–H groups in total. The van der Waals surface area contributed by atoms with Crippen LogP contribution in [0.1, 0.15) is 24.1 Å². The molecule has 3 rings (SSSR count). The van der Waals surface area contributed by atoms with E-state index in [1.165, 1.54) is 0 Å². The molecule has 1 saturated heterocycles. The summed E-state index contributed by atoms with van der Waals surface area (Å²) in [4.78, 5) is 29.0. The summed E-state index contributed by atoms with van der Waals surface area (Å²) in [6.45, 7) is 3.98. The topological polar surface area (TPSA) is 66.6 Å². The highest BCUT2D eigenvalue weighted by Crippen LogP contribution is 2.22. The Kier molecular flexibility index (Phi) is 6.70. The van der Waals surface area contributed by atoms with Crippen molar-refractivity contribution in [3.05, 3.63) is 70.7 Å². The number of hydrogen-bond donors (Lipinski definition) is 1. The Hall–Kier alpha value is -2.37. The molecule has 0 aromatic heterocycles. The molecule has 1 aliphatic heterocycles. The lowest BCUT2D eigenvalue weighted by atomic mass is 9.94. The number of hydrogen-bond acceptors (Lipinski definition) is 3. The largest absolute Gasteiger partial charge is 0.339 e. The number of piperazine rings is 1. The van der Waals surface area contributed by atoms with Gasteiger partial charge in [-0.1, -0.05) is 67.1 Å². The van der Waals surface area contributed by atoms with Gasteiger partial charge in [0.25, 0.3) is 0 Å². The number of nitrogens with zero attached hydrogens (tertiary/aromatic N) is 2. The molecular formula is C22H26ClN3O2. The van der Waals surface area contributed by atoms with Gasteiger partial charge < -0.3 is 15.5 Å². The number of carbonyl (C=O) groups excluding carboxylic acids is 2. The second-order valence-corrected chi connectivity index (χ2v) is 7.61. The highest BCUT2D eigenvalue weighted by Gasteiger charge is 2.30. The van der Waals surface area contributed by atoms with Crippen molar-refractivity contribution in [2.45, 2.75) is 19.4 Å². The van der Waals surface area contributed by atoms with Crippen molar-refractivity contribution in [3.63, 3.8) is 0 Å². The first-order valence-electron chi connectivity index (χ1n) is 9.58. The van der Waals surface area contributed by atoms with E-state index in [4.69, 9.17) is 17.3 Å². The van der Waals surface area contributed by atoms with Gasteiger partial charge in [0.2, 0.25) is 11.8 Å². The van der Waals surface area contributed by atoms with Crippen molar-refractivity contribution in [3.8, 4) is 0 Å². The van der Waals surface area contributed by atoms with E-state index < -0.39 is 0 Å². The Balaban J connectivity index is 1.53. The first kappa shape index (κ1) is 20.4. The maximum atomic E-state index is 12.9. The van der Waals surface area contributed by atoms with E-state index in [1.807, 2.05) is 60.4 Å². The van der Waals surface area contributed by atoms with Gasteiger partial charge in [0.05, 0.1) is 12.3 Å². The van der Waals surface area contributed by atoms with Crippen molar-refractivity contribution in [2.75, 3.05) is 26.2 Å². The molecule has 0 bridgehead atoms. The quantitative estimate of drug-likeness (QED) is 0.840. The smallest absolute Gasteiger partial charge is 0.227 e. The fourth-order valence-corrected chi connectivity index (χ4v) is 3.70. The summed E-state index contributed by atoms with van der Waals surface area (Å²) >= 11 is 6.15. The summed E-state index contributed by atoms with van der Waals surface area (Å²) in [5.41, 5.74) is 8.08. The monoisotopic (exact) mass is 399 g/mol. The van der Waals surface area contributed by atoms with E-state index in [2.05, 4.69) is 0 Å². The first-order valence-corrected chi connectivity index (χ1v) is 9.95. The third kappa shape index (κ3) is 4.72. The van der Waals surface area contributed by atoms with Crippen LogP contribution in [0.4, 0.5) is 0 Å². The minimum atomic E-state index is -0.339. The van der Waals surface area contributed by atoms with Gasteiger partial charge in [-0.25, -0.2) is 0 Å². The minimum absolute atomic E-state index is 0.0363. The third-order valence-electron chi connectivity index (χ3n) is 5.36. The Labute approximate surface area is 171 Å². The van der Waals surface area contributed by atoms with Gasteiger partial charge in [0.15, 0.2) is 0 Å². The highest BCUT2D eigenvalue weighted by molar-refractivity contribution is 6.31. The summed E-state index contributed by atoms with van der Waals surface area (Å²) in [5, 5.41) is 0.605. The first-order chi connectivity index (χ1) is 13.5. The lowest BCUT2D eigenvalue weighted by molar-refractivity contribution is -0.142. The summed E-state index contributed by atoms with van der Waals surface area (Å²) in [7, 11) is 0. The molecule has 1 fully saturated rings. The molecule has 1 heterocycles. The van der Waals surface area contributed by atoms with Gasteiger partial charge >= 0.3 is 0 Å². The predicted octanol–water partition coefficient (Wildman–Crippen LogP) is 2.89. The molecule has 0 spiro atoms. The van der Waals surface area contributed by atoms with Gasteiger partial charge in [-0.2, -0.15) is 0 Å². The van der Waals surface area contributed by atoms with Crippen molar-refractivity contribution in [1.29, 1.82) is 0 Å². The molecule has 2 unspecified atom stereocenters. The molecule has 2 atom stereocenters. The van der Waals surface area contributed by atoms with Crippen LogP contribution in [0.3, 0.4) is 0 Å². The van der Waals surface area contributed by atoms with Gasteiger partial charge in [-0.15, -0.1) is 0 Å². The Morgan fingerprint density at radius 2 is 1.54 bits per heavy atom. The zero-order valence-electron chi connectivity index (χ0n) is 16.1. The molecule has 0 saturated carbocycles. The second kappa shape index (κ2) is 9.22. The molecular weight excluding hydrogens is 374 g/mol. The molecule has 5 nitrogen and oxygen atoms in total. The van der Waals surface area contributed by atoms with Gasteiger partial charge in [0.1, 0.15) is 0 Å². The summed E-state index contributed by atoms with van der Waals surface area (Å²) in [6, 6.07) is 16.7. The summed E-state index contributed by atoms with van der Waals surface area (Å²) in [6.07, 6.45) is 0.281. The van der Waals surface area contributed by atoms with E-state index in [0.29, 0.717) is 31.2 Å². The Morgan fingerprint density at radius 1 is 0.964 bits per heavy atom. The maximum Gasteiger partial charge on any atom is 0.227 e. The van der Waals surface area contributed by atoms with Crippen LogP contribution in [-0.4, -0.2) is 47.8 Å². The van der Waals surface area contributed by atoms with Crippen LogP contribution in [0.5, 0.6) is 0 Å². The highest BCUT2D eigenvalue weighted by atomic mass is 35.5. The zero-order chi connectivity index (χ0) is 20.1. The van der Waals surface area contributed by atoms with Crippen molar-refractivity contribution in [2.24, 2.45) is 11.7 Å². The Bertz CT molecular complexity index is 820. The van der Waals surface area contributed by atoms with E-state index in [0.717, 1.165) is 11.1 Å². The second-order valence-electron chi connectivity index (χ2n) is 7.20. The third-order valence-corrected chi connectivity index (χ3v) is 5.72. The lowest BCUT2D eigenvalue weighted by Gasteiger charge is -2.37. The zero-order valence-corrected chi connectivity index (χ0v) is 16.8. The SMILES string of the molecule is CC(C(=O)N1CCN(C(=O)Cc2ccccc2Cl)CC1)C(N)c1ccccc1. The van der Waals surface area contributed by atoms with Crippen LogP contribution in [0.25, 0.3) is 0 Å². The molecule has 0 aliphatic carbocycles. The number of benzene rings is 2. The standard InChI is InChI=1S/C22H26ClN3O2/c1-16(21(24)17-7-3-2-4-8-17)22(28)26-13-11-25(12-14-26)20(27)15-18-9-5-6-10-19(18)23/h2-10,16,21H,11-15,24H2,1H3. The number of halogens is 1. The molecule has 6 heteroatoms. The van der Waals surface area contributed by atoms with E-state index >= 15 is 0 Å². The van der Waals surface area contributed by atoms with Crippen molar-refractivity contribution in [1.82, 2.24) is 9.80 Å². The fraction of sp³-hybridized carbons (Fsp3) is 0.364. The predicted molar refractivity (Wildman–Crippen MR) is 111 cm³/mol. The normalized spacial score (nSPS) is 16.5. The van der Waals surface area contributed by atoms with Gasteiger partial charge in [0, 0.05) is 37.2 Å². The Morgan fingerprint density at radius 3 is 2.18 bits per heavy atom. The van der Waals surface area contributed by atoms with Crippen molar-refractivity contribution >= 4 is 23.4 Å². The number of amides is 2. The van der Waals surface area contributed by atoms with E-state index in [9.17, 15) is 9.59 Å². The fourth-order valence-electron chi connectivity index (χ4n) is 3.50. The maximum absolute atomic E-state index is 12.9. The molecule has 148 valence electrons. The van der Waals surface area contributed by atoms with Crippen LogP contribution < -0.4 is 5.73 Å². The van der Waals surface area contributed by atoms with E-state index in [1.54, 1.807) is 11.0 Å². The van der Waals surface area contributed by atoms with Crippen LogP contribution >= 0.6 is 11.6 Å². The number of rotatable bonds is 5. The van der Waals surface area contributed by atoms with Crippen molar-refractivity contribution < 1.29 is 9.59 Å². The molecule has 28 heavy (non-hydrogen) atoms. The minimum Gasteiger partial charge on any atom is -0.339 e. The van der Waals surface area contributed by atoms with Crippen LogP contribution in [-0.2, 0) is 16.0 Å². The molecule has 2 aromatic carbocycles.